The van der Waals surface area contributed by atoms with Crippen LogP contribution in [-0.2, 0) is 11.2 Å². The lowest BCUT2D eigenvalue weighted by atomic mass is 9.98. The smallest absolute Gasteiger partial charge is 0.224 e. The Labute approximate surface area is 192 Å². The number of fused-ring (bicyclic) bond motifs is 1. The van der Waals surface area contributed by atoms with Crippen molar-refractivity contribution in [3.8, 4) is 28.8 Å². The van der Waals surface area contributed by atoms with Gasteiger partial charge in [-0.3, -0.25) is 0 Å². The molecule has 1 saturated heterocycles. The second kappa shape index (κ2) is 8.79. The number of aliphatic hydroxyl groups is 1. The molecule has 2 atom stereocenters. The number of anilines is 1. The molecule has 168 valence electrons. The number of nitriles is 1. The Bertz CT molecular complexity index is 1230. The summed E-state index contributed by atoms with van der Waals surface area (Å²) < 4.78 is 11.7. The molecule has 2 aromatic carbocycles. The standard InChI is InChI=1S/C25H25N5O3/c1-15-28-23(30-6-8-32-9-7-30)13-24(29-15)33-22-10-16(14-26)2-4-19(22)17-3-5-20-18(11-17)12-21(27)25(20)31/h2-5,10-11,13,21,25,31H,6-9,12,27H2,1H3. The number of aliphatic hydroxyl groups excluding tert-OH is 1. The SMILES string of the molecule is Cc1nc(Oc2cc(C#N)ccc2-c2ccc3c(c2)CC(N)C3O)cc(N2CCOCC2)n1. The van der Waals surface area contributed by atoms with Gasteiger partial charge in [-0.15, -0.1) is 0 Å². The number of rotatable bonds is 4. The average molecular weight is 444 g/mol. The van der Waals surface area contributed by atoms with Crippen molar-refractivity contribution in [3.05, 3.63) is 65.0 Å². The van der Waals surface area contributed by atoms with Crippen molar-refractivity contribution in [1.29, 1.82) is 5.26 Å². The van der Waals surface area contributed by atoms with Gasteiger partial charge in [0.05, 0.1) is 31.0 Å². The van der Waals surface area contributed by atoms with Crippen LogP contribution in [0.4, 0.5) is 5.82 Å². The van der Waals surface area contributed by atoms with Crippen molar-refractivity contribution in [1.82, 2.24) is 9.97 Å². The molecule has 1 aliphatic carbocycles. The van der Waals surface area contributed by atoms with Gasteiger partial charge in [-0.05, 0) is 48.2 Å². The summed E-state index contributed by atoms with van der Waals surface area (Å²) in [4.78, 5) is 11.2. The van der Waals surface area contributed by atoms with E-state index in [0.29, 0.717) is 42.7 Å². The zero-order valence-corrected chi connectivity index (χ0v) is 18.4. The number of ether oxygens (including phenoxy) is 2. The van der Waals surface area contributed by atoms with E-state index in [4.69, 9.17) is 15.2 Å². The first-order valence-electron chi connectivity index (χ1n) is 11.0. The maximum absolute atomic E-state index is 10.3. The Morgan fingerprint density at radius 3 is 2.76 bits per heavy atom. The molecule has 33 heavy (non-hydrogen) atoms. The molecule has 0 spiro atoms. The molecular weight excluding hydrogens is 418 g/mol. The van der Waals surface area contributed by atoms with Gasteiger partial charge >= 0.3 is 0 Å². The van der Waals surface area contributed by atoms with E-state index in [2.05, 4.69) is 20.9 Å². The highest BCUT2D eigenvalue weighted by Crippen LogP contribution is 2.38. The second-order valence-corrected chi connectivity index (χ2v) is 8.36. The maximum Gasteiger partial charge on any atom is 0.224 e. The van der Waals surface area contributed by atoms with Crippen molar-refractivity contribution in [2.24, 2.45) is 5.73 Å². The van der Waals surface area contributed by atoms with E-state index in [1.807, 2.05) is 37.3 Å². The summed E-state index contributed by atoms with van der Waals surface area (Å²) in [5, 5.41) is 19.7. The third-order valence-electron chi connectivity index (χ3n) is 6.10. The molecule has 0 saturated carbocycles. The van der Waals surface area contributed by atoms with E-state index in [9.17, 15) is 10.4 Å². The van der Waals surface area contributed by atoms with Crippen LogP contribution in [0.2, 0.25) is 0 Å². The summed E-state index contributed by atoms with van der Waals surface area (Å²) in [6.45, 7) is 4.66. The fourth-order valence-corrected chi connectivity index (χ4v) is 4.39. The number of nitrogens with zero attached hydrogens (tertiary/aromatic N) is 4. The fraction of sp³-hybridized carbons (Fsp3) is 0.320. The Morgan fingerprint density at radius 2 is 1.97 bits per heavy atom. The predicted molar refractivity (Wildman–Crippen MR) is 123 cm³/mol. The largest absolute Gasteiger partial charge is 0.438 e. The number of aromatic nitrogens is 2. The third-order valence-corrected chi connectivity index (χ3v) is 6.10. The number of nitrogens with two attached hydrogens (primary N) is 1. The maximum atomic E-state index is 10.3. The third kappa shape index (κ3) is 4.26. The number of hydrogen-bond acceptors (Lipinski definition) is 8. The Morgan fingerprint density at radius 1 is 1.15 bits per heavy atom. The van der Waals surface area contributed by atoms with Crippen LogP contribution in [-0.4, -0.2) is 47.4 Å². The number of hydrogen-bond donors (Lipinski definition) is 2. The van der Waals surface area contributed by atoms with Gasteiger partial charge in [0, 0.05) is 30.8 Å². The molecule has 1 fully saturated rings. The van der Waals surface area contributed by atoms with E-state index in [1.165, 1.54) is 0 Å². The molecule has 0 bridgehead atoms. The van der Waals surface area contributed by atoms with Crippen LogP contribution in [0.5, 0.6) is 11.6 Å². The molecule has 3 aromatic rings. The number of morpholine rings is 1. The van der Waals surface area contributed by atoms with Crippen LogP contribution >= 0.6 is 0 Å². The zero-order valence-electron chi connectivity index (χ0n) is 18.4. The van der Waals surface area contributed by atoms with Gasteiger partial charge in [0.15, 0.2) is 0 Å². The molecule has 2 aliphatic rings. The molecule has 8 heteroatoms. The average Bonchev–Trinajstić information content (AvgIpc) is 3.12. The van der Waals surface area contributed by atoms with Crippen LogP contribution in [0, 0.1) is 18.3 Å². The monoisotopic (exact) mass is 443 g/mol. The highest BCUT2D eigenvalue weighted by atomic mass is 16.5. The van der Waals surface area contributed by atoms with Gasteiger partial charge in [-0.2, -0.15) is 10.2 Å². The summed E-state index contributed by atoms with van der Waals surface area (Å²) >= 11 is 0. The van der Waals surface area contributed by atoms with Gasteiger partial charge in [-0.1, -0.05) is 18.2 Å². The molecule has 5 rings (SSSR count). The Balaban J connectivity index is 1.51. The van der Waals surface area contributed by atoms with Crippen LogP contribution in [0.15, 0.2) is 42.5 Å². The minimum atomic E-state index is -0.645. The van der Waals surface area contributed by atoms with Crippen molar-refractivity contribution in [2.45, 2.75) is 25.5 Å². The first-order valence-corrected chi connectivity index (χ1v) is 11.0. The summed E-state index contributed by atoms with van der Waals surface area (Å²) in [5.41, 5.74) is 10.2. The van der Waals surface area contributed by atoms with Gasteiger partial charge in [0.2, 0.25) is 5.88 Å². The van der Waals surface area contributed by atoms with Crippen LogP contribution in [0.1, 0.15) is 28.6 Å². The van der Waals surface area contributed by atoms with Gasteiger partial charge in [-0.25, -0.2) is 4.98 Å². The van der Waals surface area contributed by atoms with Crippen molar-refractivity contribution < 1.29 is 14.6 Å². The molecule has 2 heterocycles. The van der Waals surface area contributed by atoms with E-state index in [1.54, 1.807) is 12.1 Å². The lowest BCUT2D eigenvalue weighted by Crippen LogP contribution is -2.36. The summed E-state index contributed by atoms with van der Waals surface area (Å²) in [6, 6.07) is 14.9. The minimum Gasteiger partial charge on any atom is -0.438 e. The highest BCUT2D eigenvalue weighted by molar-refractivity contribution is 5.73. The summed E-state index contributed by atoms with van der Waals surface area (Å²) in [6.07, 6.45) is -0.0292. The van der Waals surface area contributed by atoms with Crippen molar-refractivity contribution in [2.75, 3.05) is 31.2 Å². The topological polar surface area (TPSA) is 118 Å². The van der Waals surface area contributed by atoms with Crippen molar-refractivity contribution in [3.63, 3.8) is 0 Å². The predicted octanol–water partition coefficient (Wildman–Crippen LogP) is 2.87. The molecule has 1 aromatic heterocycles. The minimum absolute atomic E-state index is 0.297. The normalized spacial score (nSPS) is 19.8. The van der Waals surface area contributed by atoms with Crippen LogP contribution in [0.3, 0.4) is 0 Å². The van der Waals surface area contributed by atoms with Gasteiger partial charge in [0.25, 0.3) is 0 Å². The van der Waals surface area contributed by atoms with E-state index in [-0.39, 0.29) is 6.04 Å². The van der Waals surface area contributed by atoms with Crippen LogP contribution < -0.4 is 15.4 Å². The molecule has 1 aliphatic heterocycles. The van der Waals surface area contributed by atoms with Gasteiger partial charge < -0.3 is 25.2 Å². The van der Waals surface area contributed by atoms with Gasteiger partial charge in [0.1, 0.15) is 17.4 Å². The Hall–Kier alpha value is -3.51. The van der Waals surface area contributed by atoms with E-state index < -0.39 is 6.10 Å². The fourth-order valence-electron chi connectivity index (χ4n) is 4.39. The van der Waals surface area contributed by atoms with E-state index >= 15 is 0 Å². The molecule has 8 nitrogen and oxygen atoms in total. The first-order chi connectivity index (χ1) is 16.0. The quantitative estimate of drug-likeness (QED) is 0.632. The highest BCUT2D eigenvalue weighted by Gasteiger charge is 2.28. The molecule has 0 amide bonds. The van der Waals surface area contributed by atoms with Crippen molar-refractivity contribution >= 4 is 5.82 Å². The number of benzene rings is 2. The molecular formula is C25H25N5O3. The lowest BCUT2D eigenvalue weighted by molar-refractivity contribution is 0.122. The Kier molecular flexibility index (Phi) is 5.68. The summed E-state index contributed by atoms with van der Waals surface area (Å²) in [5.74, 6) is 2.34. The zero-order chi connectivity index (χ0) is 22.9. The number of aryl methyl sites for hydroxylation is 1. The second-order valence-electron chi connectivity index (χ2n) is 8.36. The summed E-state index contributed by atoms with van der Waals surface area (Å²) in [7, 11) is 0. The first kappa shape index (κ1) is 21.3. The van der Waals surface area contributed by atoms with Crippen LogP contribution in [0.25, 0.3) is 11.1 Å². The molecule has 0 radical (unpaired) electrons. The molecule has 3 N–H and O–H groups in total. The lowest BCUT2D eigenvalue weighted by Gasteiger charge is -2.28. The molecule has 2 unspecified atom stereocenters. The van der Waals surface area contributed by atoms with E-state index in [0.717, 1.165) is 41.2 Å².